The van der Waals surface area contributed by atoms with Crippen molar-refractivity contribution >= 4 is 5.95 Å². The van der Waals surface area contributed by atoms with Gasteiger partial charge in [-0.3, -0.25) is 0 Å². The molecule has 0 spiro atoms. The molecule has 0 fully saturated rings. The summed E-state index contributed by atoms with van der Waals surface area (Å²) < 4.78 is 10.8. The monoisotopic (exact) mass is 287 g/mol. The van der Waals surface area contributed by atoms with Crippen LogP contribution in [0.15, 0.2) is 36.5 Å². The van der Waals surface area contributed by atoms with Crippen molar-refractivity contribution in [2.45, 2.75) is 19.8 Å². The van der Waals surface area contributed by atoms with Crippen LogP contribution in [0.2, 0.25) is 0 Å². The molecule has 21 heavy (non-hydrogen) atoms. The van der Waals surface area contributed by atoms with Gasteiger partial charge in [-0.25, -0.2) is 4.98 Å². The molecule has 5 nitrogen and oxygen atoms in total. The number of benzene rings is 1. The van der Waals surface area contributed by atoms with Gasteiger partial charge in [0.25, 0.3) is 0 Å². The zero-order valence-corrected chi connectivity index (χ0v) is 12.5. The highest BCUT2D eigenvalue weighted by atomic mass is 16.5. The highest BCUT2D eigenvalue weighted by molar-refractivity contribution is 5.34. The minimum Gasteiger partial charge on any atom is -0.496 e. The lowest BCUT2D eigenvalue weighted by Gasteiger charge is -2.09. The molecule has 0 unspecified atom stereocenters. The molecule has 0 radical (unpaired) electrons. The van der Waals surface area contributed by atoms with Crippen molar-refractivity contribution in [2.24, 2.45) is 0 Å². The fourth-order valence-electron chi connectivity index (χ4n) is 1.93. The van der Waals surface area contributed by atoms with Gasteiger partial charge in [-0.2, -0.15) is 4.98 Å². The Morgan fingerprint density at radius 1 is 1.19 bits per heavy atom. The van der Waals surface area contributed by atoms with E-state index in [-0.39, 0.29) is 0 Å². The van der Waals surface area contributed by atoms with Crippen molar-refractivity contribution in [2.75, 3.05) is 25.6 Å². The molecule has 2 rings (SSSR count). The predicted molar refractivity (Wildman–Crippen MR) is 83.0 cm³/mol. The molecule has 1 aromatic carbocycles. The predicted octanol–water partition coefficient (Wildman–Crippen LogP) is 2.93. The van der Waals surface area contributed by atoms with Crippen molar-refractivity contribution in [1.29, 1.82) is 0 Å². The van der Waals surface area contributed by atoms with Crippen LogP contribution in [-0.4, -0.2) is 30.2 Å². The summed E-state index contributed by atoms with van der Waals surface area (Å²) in [5, 5.41) is 3.20. The molecule has 0 aliphatic carbocycles. The van der Waals surface area contributed by atoms with Gasteiger partial charge in [-0.1, -0.05) is 25.1 Å². The van der Waals surface area contributed by atoms with Gasteiger partial charge in [0.1, 0.15) is 5.75 Å². The van der Waals surface area contributed by atoms with Crippen molar-refractivity contribution < 1.29 is 9.47 Å². The fourth-order valence-corrected chi connectivity index (χ4v) is 1.93. The molecule has 0 aliphatic rings. The first kappa shape index (κ1) is 15.1. The Morgan fingerprint density at radius 2 is 2.05 bits per heavy atom. The minimum atomic E-state index is 0.582. The van der Waals surface area contributed by atoms with Crippen molar-refractivity contribution in [1.82, 2.24) is 9.97 Å². The fraction of sp³-hybridized carbons (Fsp3) is 0.375. The molecule has 5 heteroatoms. The Kier molecular flexibility index (Phi) is 5.82. The maximum atomic E-state index is 5.49. The van der Waals surface area contributed by atoms with Gasteiger partial charge in [0.2, 0.25) is 11.8 Å². The number of nitrogens with zero attached hydrogens (tertiary/aromatic N) is 2. The molecular formula is C16H21N3O2. The summed E-state index contributed by atoms with van der Waals surface area (Å²) in [6, 6.07) is 9.76. The van der Waals surface area contributed by atoms with E-state index in [2.05, 4.69) is 28.3 Å². The molecule has 0 saturated carbocycles. The number of rotatable bonds is 8. The summed E-state index contributed by atoms with van der Waals surface area (Å²) in [5.74, 6) is 2.09. The Morgan fingerprint density at radius 3 is 2.86 bits per heavy atom. The number of ether oxygens (including phenoxy) is 2. The summed E-state index contributed by atoms with van der Waals surface area (Å²) in [6.07, 6.45) is 3.50. The third-order valence-electron chi connectivity index (χ3n) is 2.95. The summed E-state index contributed by atoms with van der Waals surface area (Å²) in [4.78, 5) is 8.50. The van der Waals surface area contributed by atoms with E-state index < -0.39 is 0 Å². The van der Waals surface area contributed by atoms with E-state index in [0.29, 0.717) is 18.4 Å². The normalized spacial score (nSPS) is 10.2. The number of anilines is 1. The average Bonchev–Trinajstić information content (AvgIpc) is 2.54. The van der Waals surface area contributed by atoms with Crippen molar-refractivity contribution in [3.63, 3.8) is 0 Å². The van der Waals surface area contributed by atoms with Crippen LogP contribution in [-0.2, 0) is 6.42 Å². The maximum Gasteiger partial charge on any atom is 0.225 e. The Labute approximate surface area is 125 Å². The molecule has 0 amide bonds. The zero-order valence-electron chi connectivity index (χ0n) is 12.5. The lowest BCUT2D eigenvalue weighted by Crippen LogP contribution is -2.09. The Hall–Kier alpha value is -2.30. The Balaban J connectivity index is 1.88. The molecular weight excluding hydrogens is 266 g/mol. The van der Waals surface area contributed by atoms with E-state index in [9.17, 15) is 0 Å². The third kappa shape index (κ3) is 4.63. The zero-order chi connectivity index (χ0) is 14.9. The molecule has 2 aromatic rings. The second kappa shape index (κ2) is 8.09. The van der Waals surface area contributed by atoms with E-state index in [4.69, 9.17) is 9.47 Å². The van der Waals surface area contributed by atoms with Crippen molar-refractivity contribution in [3.05, 3.63) is 42.1 Å². The molecule has 0 aliphatic heterocycles. The first-order chi connectivity index (χ1) is 10.3. The minimum absolute atomic E-state index is 0.582. The summed E-state index contributed by atoms with van der Waals surface area (Å²) >= 11 is 0. The van der Waals surface area contributed by atoms with Crippen LogP contribution in [0.4, 0.5) is 5.95 Å². The molecule has 0 bridgehead atoms. The highest BCUT2D eigenvalue weighted by Gasteiger charge is 2.03. The molecule has 112 valence electrons. The quantitative estimate of drug-likeness (QED) is 0.809. The first-order valence-electron chi connectivity index (χ1n) is 7.15. The topological polar surface area (TPSA) is 56.3 Å². The van der Waals surface area contributed by atoms with E-state index in [1.54, 1.807) is 19.4 Å². The first-order valence-corrected chi connectivity index (χ1v) is 7.15. The average molecular weight is 287 g/mol. The number of methoxy groups -OCH3 is 1. The van der Waals surface area contributed by atoms with E-state index in [1.807, 2.05) is 18.2 Å². The number of aromatic nitrogens is 2. The Bertz CT molecular complexity index is 561. The van der Waals surface area contributed by atoms with Gasteiger partial charge in [-0.05, 0) is 24.5 Å². The second-order valence-electron chi connectivity index (χ2n) is 4.56. The van der Waals surface area contributed by atoms with E-state index in [1.165, 1.54) is 0 Å². The molecule has 0 atom stereocenters. The SMILES string of the molecule is CCCOc1ccnc(NCCc2ccccc2OC)n1. The third-order valence-corrected chi connectivity index (χ3v) is 2.95. The smallest absolute Gasteiger partial charge is 0.225 e. The van der Waals surface area contributed by atoms with Gasteiger partial charge in [0.05, 0.1) is 13.7 Å². The molecule has 0 saturated heterocycles. The summed E-state index contributed by atoms with van der Waals surface area (Å²) in [5.41, 5.74) is 1.16. The lowest BCUT2D eigenvalue weighted by atomic mass is 10.1. The van der Waals surface area contributed by atoms with Crippen LogP contribution in [0.5, 0.6) is 11.6 Å². The van der Waals surface area contributed by atoms with E-state index in [0.717, 1.165) is 30.7 Å². The highest BCUT2D eigenvalue weighted by Crippen LogP contribution is 2.17. The van der Waals surface area contributed by atoms with Crippen LogP contribution in [0.25, 0.3) is 0 Å². The number of hydrogen-bond donors (Lipinski definition) is 1. The maximum absolute atomic E-state index is 5.49. The lowest BCUT2D eigenvalue weighted by molar-refractivity contribution is 0.305. The number of para-hydroxylation sites is 1. The number of hydrogen-bond acceptors (Lipinski definition) is 5. The van der Waals surface area contributed by atoms with Crippen LogP contribution in [0, 0.1) is 0 Å². The van der Waals surface area contributed by atoms with Gasteiger partial charge in [-0.15, -0.1) is 0 Å². The molecule has 1 heterocycles. The summed E-state index contributed by atoms with van der Waals surface area (Å²) in [6.45, 7) is 3.46. The van der Waals surface area contributed by atoms with Crippen molar-refractivity contribution in [3.8, 4) is 11.6 Å². The van der Waals surface area contributed by atoms with E-state index >= 15 is 0 Å². The van der Waals surface area contributed by atoms with Gasteiger partial charge in [0.15, 0.2) is 0 Å². The largest absolute Gasteiger partial charge is 0.496 e. The summed E-state index contributed by atoms with van der Waals surface area (Å²) in [7, 11) is 1.68. The number of nitrogens with one attached hydrogen (secondary N) is 1. The van der Waals surface area contributed by atoms with Gasteiger partial charge < -0.3 is 14.8 Å². The van der Waals surface area contributed by atoms with Crippen LogP contribution in [0.3, 0.4) is 0 Å². The molecule has 1 aromatic heterocycles. The molecule has 1 N–H and O–H groups in total. The second-order valence-corrected chi connectivity index (χ2v) is 4.56. The van der Waals surface area contributed by atoms with Gasteiger partial charge >= 0.3 is 0 Å². The van der Waals surface area contributed by atoms with Crippen LogP contribution < -0.4 is 14.8 Å². The standard InChI is InChI=1S/C16H21N3O2/c1-3-12-21-15-9-11-18-16(19-15)17-10-8-13-6-4-5-7-14(13)20-2/h4-7,9,11H,3,8,10,12H2,1-2H3,(H,17,18,19). The van der Waals surface area contributed by atoms with Crippen LogP contribution >= 0.6 is 0 Å². The van der Waals surface area contributed by atoms with Gasteiger partial charge in [0, 0.05) is 18.8 Å². The van der Waals surface area contributed by atoms with Crippen LogP contribution in [0.1, 0.15) is 18.9 Å².